The van der Waals surface area contributed by atoms with Crippen LogP contribution in [0.2, 0.25) is 0 Å². The highest BCUT2D eigenvalue weighted by atomic mass is 79.9. The largest absolute Gasteiger partial charge is 0.493 e. The van der Waals surface area contributed by atoms with Gasteiger partial charge in [0.2, 0.25) is 0 Å². The highest BCUT2D eigenvalue weighted by molar-refractivity contribution is 9.10. The Morgan fingerprint density at radius 3 is 2.90 bits per heavy atom. The number of nitrogens with two attached hydrogens (primary N) is 1. The van der Waals surface area contributed by atoms with Crippen molar-refractivity contribution in [1.29, 1.82) is 0 Å². The normalized spacial score (nSPS) is 18.5. The smallest absolute Gasteiger partial charge is 0.254 e. The summed E-state index contributed by atoms with van der Waals surface area (Å²) in [5.41, 5.74) is 6.52. The van der Waals surface area contributed by atoms with Gasteiger partial charge in [0.05, 0.1) is 18.2 Å². The van der Waals surface area contributed by atoms with Crippen molar-refractivity contribution < 1.29 is 14.3 Å². The number of carbonyl (C=O) groups is 1. The molecule has 0 aromatic heterocycles. The van der Waals surface area contributed by atoms with Crippen LogP contribution in [0.15, 0.2) is 16.6 Å². The average molecular weight is 357 g/mol. The lowest BCUT2D eigenvalue weighted by atomic mass is 10.1. The zero-order chi connectivity index (χ0) is 15.4. The number of rotatable bonds is 4. The molecule has 1 atom stereocenters. The molecule has 0 aliphatic carbocycles. The number of amides is 1. The molecule has 1 aromatic rings. The minimum atomic E-state index is -0.0211. The summed E-state index contributed by atoms with van der Waals surface area (Å²) in [4.78, 5) is 14.4. The van der Waals surface area contributed by atoms with Gasteiger partial charge in [0.25, 0.3) is 5.91 Å². The molecule has 1 aliphatic rings. The maximum Gasteiger partial charge on any atom is 0.254 e. The Kier molecular flexibility index (Phi) is 5.47. The third-order valence-corrected chi connectivity index (χ3v) is 4.10. The fraction of sp³-hybridized carbons (Fsp3) is 0.533. The molecule has 0 radical (unpaired) electrons. The van der Waals surface area contributed by atoms with Crippen LogP contribution in [0.1, 0.15) is 30.1 Å². The van der Waals surface area contributed by atoms with Crippen molar-refractivity contribution in [3.8, 4) is 11.5 Å². The SMILES string of the molecule is CCOc1c(Br)cc(C(=O)N2CCC[C@H](N)C2)cc1OC. The van der Waals surface area contributed by atoms with Crippen LogP contribution >= 0.6 is 15.9 Å². The van der Waals surface area contributed by atoms with Gasteiger partial charge in [0.1, 0.15) is 0 Å². The second-order valence-electron chi connectivity index (χ2n) is 5.08. The van der Waals surface area contributed by atoms with Crippen molar-refractivity contribution in [2.75, 3.05) is 26.8 Å². The quantitative estimate of drug-likeness (QED) is 0.899. The van der Waals surface area contributed by atoms with Crippen LogP contribution in [-0.2, 0) is 0 Å². The highest BCUT2D eigenvalue weighted by Crippen LogP contribution is 2.37. The molecule has 1 saturated heterocycles. The van der Waals surface area contributed by atoms with E-state index in [0.717, 1.165) is 19.4 Å². The van der Waals surface area contributed by atoms with E-state index in [0.29, 0.717) is 34.7 Å². The van der Waals surface area contributed by atoms with Gasteiger partial charge in [-0.15, -0.1) is 0 Å². The lowest BCUT2D eigenvalue weighted by Gasteiger charge is -2.31. The molecule has 0 saturated carbocycles. The minimum absolute atomic E-state index is 0.0211. The van der Waals surface area contributed by atoms with E-state index in [4.69, 9.17) is 15.2 Å². The third-order valence-electron chi connectivity index (χ3n) is 3.51. The second kappa shape index (κ2) is 7.13. The number of likely N-dealkylation sites (tertiary alicyclic amines) is 1. The van der Waals surface area contributed by atoms with E-state index in [1.54, 1.807) is 24.1 Å². The Balaban J connectivity index is 2.27. The number of hydrogen-bond donors (Lipinski definition) is 1. The summed E-state index contributed by atoms with van der Waals surface area (Å²) in [6.07, 6.45) is 1.92. The zero-order valence-electron chi connectivity index (χ0n) is 12.4. The molecular formula is C15H21BrN2O3. The van der Waals surface area contributed by atoms with Crippen molar-refractivity contribution in [2.24, 2.45) is 5.73 Å². The predicted molar refractivity (Wildman–Crippen MR) is 85.0 cm³/mol. The molecule has 0 bridgehead atoms. The van der Waals surface area contributed by atoms with Crippen molar-refractivity contribution in [2.45, 2.75) is 25.8 Å². The number of halogens is 1. The van der Waals surface area contributed by atoms with Crippen molar-refractivity contribution >= 4 is 21.8 Å². The molecule has 6 heteroatoms. The summed E-state index contributed by atoms with van der Waals surface area (Å²) in [6.45, 7) is 3.79. The fourth-order valence-electron chi connectivity index (χ4n) is 2.50. The summed E-state index contributed by atoms with van der Waals surface area (Å²) in [6, 6.07) is 3.56. The topological polar surface area (TPSA) is 64.8 Å². The van der Waals surface area contributed by atoms with Gasteiger partial charge in [-0.2, -0.15) is 0 Å². The van der Waals surface area contributed by atoms with Crippen molar-refractivity contribution in [3.63, 3.8) is 0 Å². The minimum Gasteiger partial charge on any atom is -0.493 e. The monoisotopic (exact) mass is 356 g/mol. The average Bonchev–Trinajstić information content (AvgIpc) is 2.48. The Hall–Kier alpha value is -1.27. The molecule has 1 heterocycles. The number of piperidine rings is 1. The van der Waals surface area contributed by atoms with Gasteiger partial charge >= 0.3 is 0 Å². The van der Waals surface area contributed by atoms with E-state index in [9.17, 15) is 4.79 Å². The Morgan fingerprint density at radius 1 is 1.52 bits per heavy atom. The Labute approximate surface area is 133 Å². The van der Waals surface area contributed by atoms with Crippen LogP contribution in [0, 0.1) is 0 Å². The van der Waals surface area contributed by atoms with Gasteiger partial charge in [0, 0.05) is 24.7 Å². The summed E-state index contributed by atoms with van der Waals surface area (Å²) in [7, 11) is 1.56. The molecule has 2 N–H and O–H groups in total. The van der Waals surface area contributed by atoms with Crippen LogP contribution in [-0.4, -0.2) is 43.7 Å². The van der Waals surface area contributed by atoms with Gasteiger partial charge in [0.15, 0.2) is 11.5 Å². The molecule has 1 fully saturated rings. The van der Waals surface area contributed by atoms with E-state index in [1.807, 2.05) is 6.92 Å². The van der Waals surface area contributed by atoms with Gasteiger partial charge in [-0.25, -0.2) is 0 Å². The van der Waals surface area contributed by atoms with Gasteiger partial charge in [-0.1, -0.05) is 0 Å². The molecule has 116 valence electrons. The number of carbonyl (C=O) groups excluding carboxylic acids is 1. The van der Waals surface area contributed by atoms with E-state index < -0.39 is 0 Å². The molecule has 1 amide bonds. The van der Waals surface area contributed by atoms with Gasteiger partial charge in [-0.05, 0) is 47.8 Å². The summed E-state index contributed by atoms with van der Waals surface area (Å²) < 4.78 is 11.6. The van der Waals surface area contributed by atoms with Crippen molar-refractivity contribution in [3.05, 3.63) is 22.2 Å². The van der Waals surface area contributed by atoms with Crippen molar-refractivity contribution in [1.82, 2.24) is 4.90 Å². The number of hydrogen-bond acceptors (Lipinski definition) is 4. The van der Waals surface area contributed by atoms with Crippen LogP contribution in [0.5, 0.6) is 11.5 Å². The molecule has 1 aliphatic heterocycles. The van der Waals surface area contributed by atoms with E-state index in [2.05, 4.69) is 15.9 Å². The maximum absolute atomic E-state index is 12.6. The first kappa shape index (κ1) is 16.1. The first-order valence-electron chi connectivity index (χ1n) is 7.12. The van der Waals surface area contributed by atoms with E-state index in [1.165, 1.54) is 0 Å². The standard InChI is InChI=1S/C15H21BrN2O3/c1-3-21-14-12(16)7-10(8-13(14)20-2)15(19)18-6-4-5-11(17)9-18/h7-8,11H,3-6,9,17H2,1-2H3/t11-/m0/s1. The molecule has 1 aromatic carbocycles. The summed E-state index contributed by atoms with van der Waals surface area (Å²) >= 11 is 3.44. The summed E-state index contributed by atoms with van der Waals surface area (Å²) in [5, 5.41) is 0. The molecule has 0 unspecified atom stereocenters. The maximum atomic E-state index is 12.6. The molecule has 21 heavy (non-hydrogen) atoms. The number of nitrogens with zero attached hydrogens (tertiary/aromatic N) is 1. The van der Waals surface area contributed by atoms with E-state index >= 15 is 0 Å². The molecule has 2 rings (SSSR count). The van der Waals surface area contributed by atoms with Crippen LogP contribution in [0.3, 0.4) is 0 Å². The van der Waals surface area contributed by atoms with E-state index in [-0.39, 0.29) is 11.9 Å². The van der Waals surface area contributed by atoms with Gasteiger partial charge in [-0.3, -0.25) is 4.79 Å². The Bertz CT molecular complexity index is 522. The number of methoxy groups -OCH3 is 1. The lowest BCUT2D eigenvalue weighted by molar-refractivity contribution is 0.0708. The van der Waals surface area contributed by atoms with Crippen LogP contribution < -0.4 is 15.2 Å². The molecular weight excluding hydrogens is 336 g/mol. The third kappa shape index (κ3) is 3.68. The number of benzene rings is 1. The number of ether oxygens (including phenoxy) is 2. The van der Waals surface area contributed by atoms with Gasteiger partial charge < -0.3 is 20.1 Å². The predicted octanol–water partition coefficient (Wildman–Crippen LogP) is 2.42. The Morgan fingerprint density at radius 2 is 2.29 bits per heavy atom. The van der Waals surface area contributed by atoms with Crippen LogP contribution in [0.4, 0.5) is 0 Å². The summed E-state index contributed by atoms with van der Waals surface area (Å²) in [5.74, 6) is 1.15. The highest BCUT2D eigenvalue weighted by Gasteiger charge is 2.24. The first-order valence-corrected chi connectivity index (χ1v) is 7.91. The fourth-order valence-corrected chi connectivity index (χ4v) is 3.06. The second-order valence-corrected chi connectivity index (χ2v) is 5.93. The molecule has 0 spiro atoms. The molecule has 5 nitrogen and oxygen atoms in total. The lowest BCUT2D eigenvalue weighted by Crippen LogP contribution is -2.45. The first-order chi connectivity index (χ1) is 10.1. The van der Waals surface area contributed by atoms with Crippen LogP contribution in [0.25, 0.3) is 0 Å². The zero-order valence-corrected chi connectivity index (χ0v) is 14.0.